The first-order valence-corrected chi connectivity index (χ1v) is 11.3. The van der Waals surface area contributed by atoms with Crippen LogP contribution in [0.4, 0.5) is 5.69 Å². The van der Waals surface area contributed by atoms with Crippen LogP contribution in [-0.2, 0) is 14.3 Å². The van der Waals surface area contributed by atoms with Crippen LogP contribution in [-0.4, -0.2) is 18.8 Å². The van der Waals surface area contributed by atoms with Gasteiger partial charge in [0.15, 0.2) is 5.76 Å². The molecular formula is C27H29NO4. The summed E-state index contributed by atoms with van der Waals surface area (Å²) in [6.45, 7) is 6.40. The number of aryl methyl sites for hydroxylation is 1. The van der Waals surface area contributed by atoms with Crippen molar-refractivity contribution in [2.24, 2.45) is 11.3 Å². The van der Waals surface area contributed by atoms with Crippen LogP contribution in [0.5, 0.6) is 5.75 Å². The lowest BCUT2D eigenvalue weighted by molar-refractivity contribution is -0.122. The molecule has 0 radical (unpaired) electrons. The maximum Gasteiger partial charge on any atom is 0.231 e. The summed E-state index contributed by atoms with van der Waals surface area (Å²) in [5.41, 5.74) is 3.67. The third-order valence-electron chi connectivity index (χ3n) is 6.59. The summed E-state index contributed by atoms with van der Waals surface area (Å²) < 4.78 is 17.1. The molecule has 1 N–H and O–H groups in total. The molecule has 2 aromatic carbocycles. The zero-order valence-corrected chi connectivity index (χ0v) is 18.8. The second-order valence-electron chi connectivity index (χ2n) is 9.17. The lowest BCUT2D eigenvalue weighted by atomic mass is 9.82. The Balaban J connectivity index is 1.37. The normalized spacial score (nSPS) is 20.4. The molecule has 3 aliphatic rings. The Morgan fingerprint density at radius 2 is 1.94 bits per heavy atom. The molecule has 1 fully saturated rings. The lowest BCUT2D eigenvalue weighted by Gasteiger charge is -2.25. The zero-order chi connectivity index (χ0) is 22.3. The Hall–Kier alpha value is -3.21. The smallest absolute Gasteiger partial charge is 0.231 e. The summed E-state index contributed by atoms with van der Waals surface area (Å²) in [6, 6.07) is 14.1. The molecule has 0 spiro atoms. The van der Waals surface area contributed by atoms with Crippen molar-refractivity contribution in [3.8, 4) is 16.9 Å². The van der Waals surface area contributed by atoms with E-state index >= 15 is 0 Å². The number of nitrogens with one attached hydrogen (secondary N) is 1. The number of allylic oxidation sites excluding steroid dienone is 3. The Bertz CT molecular complexity index is 1110. The minimum atomic E-state index is -0.370. The van der Waals surface area contributed by atoms with Crippen LogP contribution in [0.2, 0.25) is 0 Å². The van der Waals surface area contributed by atoms with Gasteiger partial charge in [-0.25, -0.2) is 0 Å². The van der Waals surface area contributed by atoms with E-state index in [1.54, 1.807) is 0 Å². The van der Waals surface area contributed by atoms with Crippen molar-refractivity contribution in [1.29, 1.82) is 0 Å². The molecule has 5 heteroatoms. The predicted octanol–water partition coefficient (Wildman–Crippen LogP) is 5.96. The molecule has 0 saturated heterocycles. The molecule has 0 bridgehead atoms. The van der Waals surface area contributed by atoms with Gasteiger partial charge in [-0.05, 0) is 74.9 Å². The third-order valence-corrected chi connectivity index (χ3v) is 6.59. The van der Waals surface area contributed by atoms with E-state index in [0.29, 0.717) is 0 Å². The Morgan fingerprint density at radius 1 is 1.12 bits per heavy atom. The fourth-order valence-electron chi connectivity index (χ4n) is 4.66. The average Bonchev–Trinajstić information content (AvgIpc) is 3.46. The maximum absolute atomic E-state index is 13.4. The molecule has 2 aromatic rings. The fraction of sp³-hybridized carbons (Fsp3) is 0.370. The zero-order valence-electron chi connectivity index (χ0n) is 18.8. The summed E-state index contributed by atoms with van der Waals surface area (Å²) >= 11 is 0. The highest BCUT2D eigenvalue weighted by Crippen LogP contribution is 2.56. The van der Waals surface area contributed by atoms with Gasteiger partial charge in [-0.2, -0.15) is 0 Å². The Morgan fingerprint density at radius 3 is 2.72 bits per heavy atom. The molecule has 2 aliphatic carbocycles. The van der Waals surface area contributed by atoms with Crippen LogP contribution in [0.1, 0.15) is 38.7 Å². The van der Waals surface area contributed by atoms with Crippen LogP contribution in [0, 0.1) is 18.3 Å². The number of ether oxygens (including phenoxy) is 3. The number of carbonyl (C=O) groups excluding carboxylic acids is 1. The quantitative estimate of drug-likeness (QED) is 0.613. The SMILES string of the molecule is Cc1ccc(NC(=O)C2(C3C=CC4=C(C3)OCO4)CC2)cc1-c1ccccc1OC(C)C. The molecule has 1 heterocycles. The minimum absolute atomic E-state index is 0.0802. The molecule has 32 heavy (non-hydrogen) atoms. The molecule has 166 valence electrons. The topological polar surface area (TPSA) is 56.8 Å². The first-order valence-electron chi connectivity index (χ1n) is 11.3. The van der Waals surface area contributed by atoms with E-state index < -0.39 is 0 Å². The van der Waals surface area contributed by atoms with Crippen LogP contribution in [0.3, 0.4) is 0 Å². The summed E-state index contributed by atoms with van der Waals surface area (Å²) in [5.74, 6) is 2.74. The van der Waals surface area contributed by atoms with Gasteiger partial charge in [-0.3, -0.25) is 4.79 Å². The number of anilines is 1. The van der Waals surface area contributed by atoms with Crippen molar-refractivity contribution in [2.75, 3.05) is 12.1 Å². The van der Waals surface area contributed by atoms with E-state index in [2.05, 4.69) is 36.5 Å². The van der Waals surface area contributed by atoms with E-state index in [1.807, 2.05) is 44.2 Å². The molecule has 1 aliphatic heterocycles. The van der Waals surface area contributed by atoms with Crippen LogP contribution in [0.25, 0.3) is 11.1 Å². The van der Waals surface area contributed by atoms with Crippen molar-refractivity contribution in [3.05, 3.63) is 71.7 Å². The molecule has 0 aromatic heterocycles. The largest absolute Gasteiger partial charge is 0.490 e. The lowest BCUT2D eigenvalue weighted by Crippen LogP contribution is -2.31. The highest BCUT2D eigenvalue weighted by Gasteiger charge is 2.55. The van der Waals surface area contributed by atoms with Crippen LogP contribution in [0.15, 0.2) is 66.1 Å². The summed E-state index contributed by atoms with van der Waals surface area (Å²) in [4.78, 5) is 13.4. The molecule has 1 atom stereocenters. The van der Waals surface area contributed by atoms with E-state index in [-0.39, 0.29) is 30.1 Å². The molecule has 1 saturated carbocycles. The average molecular weight is 432 g/mol. The van der Waals surface area contributed by atoms with E-state index in [1.165, 1.54) is 0 Å². The molecule has 5 nitrogen and oxygen atoms in total. The number of hydrogen-bond acceptors (Lipinski definition) is 4. The Kier molecular flexibility index (Phi) is 5.20. The van der Waals surface area contributed by atoms with Gasteiger partial charge in [0.1, 0.15) is 11.5 Å². The standard InChI is InChI=1S/C27H29NO4/c1-17(2)32-23-7-5-4-6-21(23)22-15-20(10-8-18(22)3)28-26(29)27(12-13-27)19-9-11-24-25(14-19)31-16-30-24/h4-11,15,17,19H,12-14,16H2,1-3H3,(H,28,29). The van der Waals surface area contributed by atoms with Crippen LogP contribution >= 0.6 is 0 Å². The summed E-state index contributed by atoms with van der Waals surface area (Å²) in [7, 11) is 0. The van der Waals surface area contributed by atoms with Gasteiger partial charge in [0.05, 0.1) is 11.5 Å². The van der Waals surface area contributed by atoms with Gasteiger partial charge in [-0.1, -0.05) is 30.3 Å². The highest BCUT2D eigenvalue weighted by molar-refractivity contribution is 5.98. The second kappa shape index (κ2) is 8.05. The number of rotatable bonds is 6. The van der Waals surface area contributed by atoms with Crippen molar-refractivity contribution >= 4 is 11.6 Å². The monoisotopic (exact) mass is 431 g/mol. The molecule has 5 rings (SSSR count). The summed E-state index contributed by atoms with van der Waals surface area (Å²) in [5, 5.41) is 3.20. The van der Waals surface area contributed by atoms with Crippen LogP contribution < -0.4 is 10.1 Å². The molecule has 1 amide bonds. The third kappa shape index (κ3) is 3.77. The Labute approximate surface area is 189 Å². The number of carbonyl (C=O) groups is 1. The number of hydrogen-bond donors (Lipinski definition) is 1. The summed E-state index contributed by atoms with van der Waals surface area (Å²) in [6.07, 6.45) is 6.66. The van der Waals surface area contributed by atoms with E-state index in [9.17, 15) is 4.79 Å². The number of amides is 1. The van der Waals surface area contributed by atoms with Gasteiger partial charge in [0.2, 0.25) is 12.7 Å². The molecule has 1 unspecified atom stereocenters. The van der Waals surface area contributed by atoms with Crippen molar-refractivity contribution < 1.29 is 19.0 Å². The fourth-order valence-corrected chi connectivity index (χ4v) is 4.66. The van der Waals surface area contributed by atoms with E-state index in [4.69, 9.17) is 14.2 Å². The van der Waals surface area contributed by atoms with Gasteiger partial charge in [0, 0.05) is 17.7 Å². The second-order valence-corrected chi connectivity index (χ2v) is 9.17. The number of benzene rings is 2. The molecular weight excluding hydrogens is 402 g/mol. The van der Waals surface area contributed by atoms with E-state index in [0.717, 1.165) is 58.9 Å². The van der Waals surface area contributed by atoms with Crippen molar-refractivity contribution in [3.63, 3.8) is 0 Å². The predicted molar refractivity (Wildman–Crippen MR) is 124 cm³/mol. The van der Waals surface area contributed by atoms with Gasteiger partial charge < -0.3 is 19.5 Å². The van der Waals surface area contributed by atoms with Crippen molar-refractivity contribution in [2.45, 2.75) is 46.1 Å². The first kappa shape index (κ1) is 20.7. The highest BCUT2D eigenvalue weighted by atomic mass is 16.7. The first-order chi connectivity index (χ1) is 15.5. The van der Waals surface area contributed by atoms with Gasteiger partial charge in [-0.15, -0.1) is 0 Å². The van der Waals surface area contributed by atoms with Gasteiger partial charge in [0.25, 0.3) is 0 Å². The van der Waals surface area contributed by atoms with Crippen molar-refractivity contribution in [1.82, 2.24) is 0 Å². The maximum atomic E-state index is 13.4. The number of para-hydroxylation sites is 1. The minimum Gasteiger partial charge on any atom is -0.490 e. The van der Waals surface area contributed by atoms with Gasteiger partial charge >= 0.3 is 0 Å².